The summed E-state index contributed by atoms with van der Waals surface area (Å²) in [6, 6.07) is 12.6. The predicted molar refractivity (Wildman–Crippen MR) is 85.3 cm³/mol. The van der Waals surface area contributed by atoms with Crippen molar-refractivity contribution in [3.8, 4) is 0 Å². The number of hydrogen-bond donors (Lipinski definition) is 0. The number of rotatable bonds is 2. The highest BCUT2D eigenvalue weighted by Gasteiger charge is 2.37. The van der Waals surface area contributed by atoms with Crippen LogP contribution in [-0.4, -0.2) is 18.9 Å². The number of fused-ring (bicyclic) bond motifs is 2. The van der Waals surface area contributed by atoms with Crippen LogP contribution >= 0.6 is 0 Å². The molecule has 0 unspecified atom stereocenters. The average Bonchev–Trinajstić information content (AvgIpc) is 2.94. The van der Waals surface area contributed by atoms with Gasteiger partial charge in [0, 0.05) is 12.3 Å². The van der Waals surface area contributed by atoms with Crippen LogP contribution in [0.2, 0.25) is 0 Å². The molecular formula is C17H11F3N4O. The van der Waals surface area contributed by atoms with Gasteiger partial charge in [-0.2, -0.15) is 13.2 Å². The highest BCUT2D eigenvalue weighted by molar-refractivity contribution is 5.76. The normalized spacial score (nSPS) is 12.1. The Balaban J connectivity index is 1.90. The Bertz CT molecular complexity index is 1140. The van der Waals surface area contributed by atoms with Crippen molar-refractivity contribution in [1.29, 1.82) is 0 Å². The maximum atomic E-state index is 13.4. The Morgan fingerprint density at radius 1 is 1.00 bits per heavy atom. The summed E-state index contributed by atoms with van der Waals surface area (Å²) in [6.07, 6.45) is -3.05. The molecule has 0 aliphatic heterocycles. The molecule has 5 nitrogen and oxygen atoms in total. The van der Waals surface area contributed by atoms with Crippen LogP contribution < -0.4 is 5.56 Å². The van der Waals surface area contributed by atoms with Crippen LogP contribution in [0.4, 0.5) is 13.2 Å². The number of nitrogens with zero attached hydrogens (tertiary/aromatic N) is 4. The lowest BCUT2D eigenvalue weighted by Crippen LogP contribution is -2.19. The fraction of sp³-hybridized carbons (Fsp3) is 0.118. The maximum absolute atomic E-state index is 13.4. The van der Waals surface area contributed by atoms with Crippen molar-refractivity contribution in [2.75, 3.05) is 0 Å². The lowest BCUT2D eigenvalue weighted by molar-refractivity contribution is -0.146. The molecule has 3 aromatic heterocycles. The lowest BCUT2D eigenvalue weighted by Gasteiger charge is -2.11. The molecule has 0 amide bonds. The van der Waals surface area contributed by atoms with Crippen molar-refractivity contribution in [2.24, 2.45) is 0 Å². The van der Waals surface area contributed by atoms with Gasteiger partial charge in [0.1, 0.15) is 5.65 Å². The monoisotopic (exact) mass is 344 g/mol. The Kier molecular flexibility index (Phi) is 3.34. The number of pyridine rings is 1. The van der Waals surface area contributed by atoms with Gasteiger partial charge in [-0.05, 0) is 24.3 Å². The highest BCUT2D eigenvalue weighted by Crippen LogP contribution is 2.31. The van der Waals surface area contributed by atoms with Crippen molar-refractivity contribution in [3.63, 3.8) is 0 Å². The summed E-state index contributed by atoms with van der Waals surface area (Å²) in [6.45, 7) is -0.198. The molecule has 4 rings (SSSR count). The van der Waals surface area contributed by atoms with E-state index in [1.807, 2.05) is 0 Å². The summed E-state index contributed by atoms with van der Waals surface area (Å²) in [5.74, 6) is -1.01. The van der Waals surface area contributed by atoms with Gasteiger partial charge in [0.15, 0.2) is 0 Å². The number of halogens is 3. The largest absolute Gasteiger partial charge is 0.449 e. The Morgan fingerprint density at radius 2 is 1.76 bits per heavy atom. The van der Waals surface area contributed by atoms with E-state index in [2.05, 4.69) is 9.97 Å². The van der Waals surface area contributed by atoms with Crippen molar-refractivity contribution >= 4 is 16.7 Å². The first-order valence-corrected chi connectivity index (χ1v) is 7.43. The predicted octanol–water partition coefficient (Wildman–Crippen LogP) is 3.11. The minimum atomic E-state index is -4.61. The molecule has 0 radical (unpaired) electrons. The number of alkyl halides is 3. The molecule has 0 bridgehead atoms. The fourth-order valence-corrected chi connectivity index (χ4v) is 2.80. The molecule has 1 aromatic carbocycles. The molecule has 0 fully saturated rings. The molecule has 0 saturated carbocycles. The summed E-state index contributed by atoms with van der Waals surface area (Å²) in [5, 5.41) is 0. The molecule has 0 spiro atoms. The van der Waals surface area contributed by atoms with Crippen molar-refractivity contribution < 1.29 is 13.2 Å². The molecule has 25 heavy (non-hydrogen) atoms. The summed E-state index contributed by atoms with van der Waals surface area (Å²) in [5.41, 5.74) is 0.851. The molecule has 0 aliphatic rings. The Hall–Kier alpha value is -3.16. The summed E-state index contributed by atoms with van der Waals surface area (Å²) in [7, 11) is 0. The van der Waals surface area contributed by atoms with Gasteiger partial charge in [-0.1, -0.05) is 18.2 Å². The van der Waals surface area contributed by atoms with E-state index < -0.39 is 12.0 Å². The third-order valence-electron chi connectivity index (χ3n) is 3.85. The smallest absolute Gasteiger partial charge is 0.314 e. The third kappa shape index (κ3) is 2.65. The Morgan fingerprint density at radius 3 is 2.56 bits per heavy atom. The fourth-order valence-electron chi connectivity index (χ4n) is 2.80. The Labute approximate surface area is 139 Å². The van der Waals surface area contributed by atoms with Gasteiger partial charge >= 0.3 is 6.18 Å². The maximum Gasteiger partial charge on any atom is 0.449 e. The van der Waals surface area contributed by atoms with E-state index in [4.69, 9.17) is 0 Å². The van der Waals surface area contributed by atoms with Crippen LogP contribution in [-0.2, 0) is 12.7 Å². The van der Waals surface area contributed by atoms with Crippen LogP contribution in [0, 0.1) is 0 Å². The quantitative estimate of drug-likeness (QED) is 0.561. The van der Waals surface area contributed by atoms with Crippen LogP contribution in [0.3, 0.4) is 0 Å². The van der Waals surface area contributed by atoms with E-state index in [1.54, 1.807) is 42.6 Å². The zero-order chi connectivity index (χ0) is 17.6. The first-order chi connectivity index (χ1) is 11.9. The summed E-state index contributed by atoms with van der Waals surface area (Å²) >= 11 is 0. The molecule has 126 valence electrons. The van der Waals surface area contributed by atoms with Crippen LogP contribution in [0.1, 0.15) is 11.5 Å². The second-order valence-electron chi connectivity index (χ2n) is 5.52. The molecule has 8 heteroatoms. The minimum Gasteiger partial charge on any atom is -0.314 e. The number of aromatic nitrogens is 4. The average molecular weight is 344 g/mol. The third-order valence-corrected chi connectivity index (χ3v) is 3.85. The zero-order valence-corrected chi connectivity index (χ0v) is 12.7. The van der Waals surface area contributed by atoms with Gasteiger partial charge < -0.3 is 4.57 Å². The van der Waals surface area contributed by atoms with Gasteiger partial charge in [0.2, 0.25) is 5.82 Å². The van der Waals surface area contributed by atoms with Crippen LogP contribution in [0.25, 0.3) is 16.7 Å². The van der Waals surface area contributed by atoms with E-state index in [9.17, 15) is 18.0 Å². The molecule has 0 saturated heterocycles. The van der Waals surface area contributed by atoms with Gasteiger partial charge in [0.25, 0.3) is 5.56 Å². The lowest BCUT2D eigenvalue weighted by atomic mass is 10.3. The molecule has 0 aliphatic carbocycles. The topological polar surface area (TPSA) is 52.2 Å². The van der Waals surface area contributed by atoms with Gasteiger partial charge in [-0.3, -0.25) is 9.20 Å². The van der Waals surface area contributed by atoms with Crippen molar-refractivity contribution in [1.82, 2.24) is 18.9 Å². The van der Waals surface area contributed by atoms with E-state index >= 15 is 0 Å². The molecular weight excluding hydrogens is 333 g/mol. The van der Waals surface area contributed by atoms with E-state index in [1.165, 1.54) is 16.5 Å². The molecule has 4 aromatic rings. The molecule has 0 atom stereocenters. The van der Waals surface area contributed by atoms with Crippen LogP contribution in [0.5, 0.6) is 0 Å². The number of hydrogen-bond acceptors (Lipinski definition) is 3. The van der Waals surface area contributed by atoms with Gasteiger partial charge in [-0.15, -0.1) is 0 Å². The van der Waals surface area contributed by atoms with Crippen LogP contribution in [0.15, 0.2) is 59.5 Å². The van der Waals surface area contributed by atoms with E-state index in [0.29, 0.717) is 11.2 Å². The first-order valence-electron chi connectivity index (χ1n) is 7.43. The SMILES string of the molecule is O=c1cc(Cn2c(C(F)(F)F)nc3ccccc32)nc2ccccn12. The van der Waals surface area contributed by atoms with Crippen molar-refractivity contribution in [2.45, 2.75) is 12.7 Å². The standard InChI is InChI=1S/C17H11F3N4O/c18-17(19,20)16-22-12-5-1-2-6-13(12)24(16)10-11-9-15(25)23-8-4-3-7-14(23)21-11/h1-9H,10H2. The van der Waals surface area contributed by atoms with E-state index in [0.717, 1.165) is 4.57 Å². The minimum absolute atomic E-state index is 0.198. The number of para-hydroxylation sites is 2. The second kappa shape index (κ2) is 5.44. The van der Waals surface area contributed by atoms with Gasteiger partial charge in [0.05, 0.1) is 23.3 Å². The summed E-state index contributed by atoms with van der Waals surface area (Å²) < 4.78 is 42.4. The van der Waals surface area contributed by atoms with Crippen molar-refractivity contribution in [3.05, 3.63) is 76.6 Å². The zero-order valence-electron chi connectivity index (χ0n) is 12.7. The highest BCUT2D eigenvalue weighted by atomic mass is 19.4. The molecule has 3 heterocycles. The first kappa shape index (κ1) is 15.4. The second-order valence-corrected chi connectivity index (χ2v) is 5.52. The van der Waals surface area contributed by atoms with Gasteiger partial charge in [-0.25, -0.2) is 9.97 Å². The van der Waals surface area contributed by atoms with E-state index in [-0.39, 0.29) is 23.3 Å². The number of benzene rings is 1. The number of imidazole rings is 1. The summed E-state index contributed by atoms with van der Waals surface area (Å²) in [4.78, 5) is 20.1. The molecule has 0 N–H and O–H groups in total.